The minimum atomic E-state index is 0.106. The number of rotatable bonds is 5. The van der Waals surface area contributed by atoms with Crippen LogP contribution in [0.2, 0.25) is 0 Å². The third kappa shape index (κ3) is 3.59. The van der Waals surface area contributed by atoms with E-state index in [0.717, 1.165) is 58.9 Å². The molecule has 0 spiro atoms. The lowest BCUT2D eigenvalue weighted by Crippen LogP contribution is -2.22. The van der Waals surface area contributed by atoms with Crippen molar-refractivity contribution in [2.45, 2.75) is 58.0 Å². The van der Waals surface area contributed by atoms with Crippen molar-refractivity contribution in [3.8, 4) is 5.69 Å². The summed E-state index contributed by atoms with van der Waals surface area (Å²) in [5.41, 5.74) is 3.48. The zero-order chi connectivity index (χ0) is 19.0. The fraction of sp³-hybridized carbons (Fsp3) is 0.455. The van der Waals surface area contributed by atoms with Gasteiger partial charge in [0.05, 0.1) is 11.1 Å². The number of nitrogens with zero attached hydrogens (tertiary/aromatic N) is 2. The molecule has 1 unspecified atom stereocenters. The number of thioether (sulfide) groups is 1. The highest BCUT2D eigenvalue weighted by atomic mass is 32.2. The number of aromatic nitrogens is 2. The summed E-state index contributed by atoms with van der Waals surface area (Å²) >= 11 is 3.44. The first-order valence-corrected chi connectivity index (χ1v) is 11.7. The molecule has 0 saturated heterocycles. The van der Waals surface area contributed by atoms with Crippen molar-refractivity contribution in [1.82, 2.24) is 9.55 Å². The highest BCUT2D eigenvalue weighted by molar-refractivity contribution is 7.99. The molecule has 2 heterocycles. The number of fused-ring (bicyclic) bond motifs is 3. The van der Waals surface area contributed by atoms with Gasteiger partial charge in [-0.05, 0) is 56.2 Å². The number of unbranched alkanes of at least 4 members (excludes halogenated alkanes) is 1. The van der Waals surface area contributed by atoms with Gasteiger partial charge in [0.25, 0.3) is 5.56 Å². The van der Waals surface area contributed by atoms with E-state index in [1.54, 1.807) is 23.1 Å². The smallest absolute Gasteiger partial charge is 0.267 e. The predicted octanol–water partition coefficient (Wildman–Crippen LogP) is 5.77. The van der Waals surface area contributed by atoms with Gasteiger partial charge in [0.15, 0.2) is 5.16 Å². The highest BCUT2D eigenvalue weighted by Gasteiger charge is 2.25. The van der Waals surface area contributed by atoms with E-state index >= 15 is 0 Å². The molecule has 3 aromatic rings. The average Bonchev–Trinajstić information content (AvgIpc) is 3.00. The molecular weight excluding hydrogens is 372 g/mol. The van der Waals surface area contributed by atoms with E-state index in [4.69, 9.17) is 4.98 Å². The van der Waals surface area contributed by atoms with Gasteiger partial charge < -0.3 is 0 Å². The summed E-state index contributed by atoms with van der Waals surface area (Å²) in [5.74, 6) is 1.69. The van der Waals surface area contributed by atoms with Crippen LogP contribution in [0.4, 0.5) is 0 Å². The van der Waals surface area contributed by atoms with Crippen molar-refractivity contribution >= 4 is 33.3 Å². The Morgan fingerprint density at radius 1 is 1.30 bits per heavy atom. The van der Waals surface area contributed by atoms with Crippen molar-refractivity contribution in [2.24, 2.45) is 5.92 Å². The molecule has 0 amide bonds. The van der Waals surface area contributed by atoms with Crippen LogP contribution >= 0.6 is 23.1 Å². The average molecular weight is 399 g/mol. The highest BCUT2D eigenvalue weighted by Crippen LogP contribution is 2.37. The first kappa shape index (κ1) is 18.8. The lowest BCUT2D eigenvalue weighted by molar-refractivity contribution is 0.509. The number of thiophene rings is 1. The van der Waals surface area contributed by atoms with Crippen LogP contribution in [-0.4, -0.2) is 15.3 Å². The summed E-state index contributed by atoms with van der Waals surface area (Å²) in [6, 6.07) is 8.21. The molecule has 5 heteroatoms. The maximum atomic E-state index is 13.6. The van der Waals surface area contributed by atoms with Crippen LogP contribution in [-0.2, 0) is 12.8 Å². The maximum absolute atomic E-state index is 13.6. The van der Waals surface area contributed by atoms with E-state index in [9.17, 15) is 4.79 Å². The van der Waals surface area contributed by atoms with Crippen molar-refractivity contribution in [2.75, 3.05) is 5.75 Å². The molecule has 0 bridgehead atoms. The van der Waals surface area contributed by atoms with Gasteiger partial charge >= 0.3 is 0 Å². The largest absolute Gasteiger partial charge is 0.268 e. The Hall–Kier alpha value is -1.59. The third-order valence-corrected chi connectivity index (χ3v) is 7.49. The summed E-state index contributed by atoms with van der Waals surface area (Å²) in [5, 5.41) is 1.69. The van der Waals surface area contributed by atoms with Crippen molar-refractivity contribution in [3.63, 3.8) is 0 Å². The van der Waals surface area contributed by atoms with Crippen molar-refractivity contribution in [1.29, 1.82) is 0 Å². The number of aryl methyl sites for hydroxylation is 2. The van der Waals surface area contributed by atoms with E-state index in [-0.39, 0.29) is 5.56 Å². The Labute approximate surface area is 168 Å². The van der Waals surface area contributed by atoms with E-state index < -0.39 is 0 Å². The molecule has 0 fully saturated rings. The lowest BCUT2D eigenvalue weighted by atomic mass is 9.89. The third-order valence-electron chi connectivity index (χ3n) is 5.32. The second-order valence-corrected chi connectivity index (χ2v) is 9.75. The monoisotopic (exact) mass is 398 g/mol. The van der Waals surface area contributed by atoms with Crippen LogP contribution in [0.5, 0.6) is 0 Å². The summed E-state index contributed by atoms with van der Waals surface area (Å²) in [7, 11) is 0. The van der Waals surface area contributed by atoms with E-state index in [2.05, 4.69) is 32.9 Å². The van der Waals surface area contributed by atoms with Gasteiger partial charge in [-0.25, -0.2) is 4.98 Å². The quantitative estimate of drug-likeness (QED) is 0.311. The van der Waals surface area contributed by atoms with Gasteiger partial charge in [-0.3, -0.25) is 9.36 Å². The molecule has 1 aliphatic carbocycles. The molecule has 1 atom stereocenters. The number of hydrogen-bond donors (Lipinski definition) is 0. The Bertz CT molecular complexity index is 1020. The summed E-state index contributed by atoms with van der Waals surface area (Å²) in [6.07, 6.45) is 5.53. The Morgan fingerprint density at radius 2 is 2.07 bits per heavy atom. The van der Waals surface area contributed by atoms with Crippen molar-refractivity contribution in [3.05, 3.63) is 50.6 Å². The molecule has 3 nitrogen and oxygen atoms in total. The van der Waals surface area contributed by atoms with Gasteiger partial charge in [0, 0.05) is 10.6 Å². The summed E-state index contributed by atoms with van der Waals surface area (Å²) < 4.78 is 1.84. The van der Waals surface area contributed by atoms with E-state index in [1.807, 2.05) is 16.7 Å². The molecule has 0 saturated carbocycles. The first-order valence-electron chi connectivity index (χ1n) is 9.85. The second-order valence-electron chi connectivity index (χ2n) is 7.60. The van der Waals surface area contributed by atoms with Gasteiger partial charge in [-0.15, -0.1) is 11.3 Å². The Kier molecular flexibility index (Phi) is 5.42. The van der Waals surface area contributed by atoms with Crippen molar-refractivity contribution < 1.29 is 0 Å². The van der Waals surface area contributed by atoms with Crippen LogP contribution in [0.1, 0.15) is 49.1 Å². The van der Waals surface area contributed by atoms with Crippen LogP contribution in [0.3, 0.4) is 0 Å². The number of benzene rings is 1. The first-order chi connectivity index (χ1) is 13.1. The van der Waals surface area contributed by atoms with E-state index in [1.165, 1.54) is 16.0 Å². The minimum absolute atomic E-state index is 0.106. The van der Waals surface area contributed by atoms with Gasteiger partial charge in [0.2, 0.25) is 0 Å². The van der Waals surface area contributed by atoms with Crippen LogP contribution in [0.25, 0.3) is 15.9 Å². The lowest BCUT2D eigenvalue weighted by Gasteiger charge is -2.18. The molecule has 142 valence electrons. The maximum Gasteiger partial charge on any atom is 0.267 e. The Balaban J connectivity index is 1.92. The van der Waals surface area contributed by atoms with Crippen LogP contribution in [0.15, 0.2) is 34.2 Å². The van der Waals surface area contributed by atoms with Gasteiger partial charge in [0.1, 0.15) is 4.83 Å². The Morgan fingerprint density at radius 3 is 2.81 bits per heavy atom. The molecule has 0 aliphatic heterocycles. The molecule has 1 aromatic carbocycles. The predicted molar refractivity (Wildman–Crippen MR) is 117 cm³/mol. The second kappa shape index (κ2) is 7.80. The standard InChI is InChI=1S/C22H26N2OS2/c1-4-5-12-26-22-23-20-19(17-11-8-15(3)13-18(17)27-20)21(25)24(22)16-9-6-14(2)7-10-16/h6-7,9-10,15H,4-5,8,11-13H2,1-3H3. The minimum Gasteiger partial charge on any atom is -0.268 e. The zero-order valence-corrected chi connectivity index (χ0v) is 17.9. The normalized spacial score (nSPS) is 16.6. The summed E-state index contributed by atoms with van der Waals surface area (Å²) in [4.78, 5) is 20.9. The zero-order valence-electron chi connectivity index (χ0n) is 16.2. The SMILES string of the molecule is CCCCSc1nc2sc3c(c2c(=O)n1-c1ccc(C)cc1)CCC(C)C3. The molecule has 0 radical (unpaired) electrons. The van der Waals surface area contributed by atoms with E-state index in [0.29, 0.717) is 5.92 Å². The van der Waals surface area contributed by atoms with Gasteiger partial charge in [-0.2, -0.15) is 0 Å². The van der Waals surface area contributed by atoms with Gasteiger partial charge in [-0.1, -0.05) is 49.7 Å². The summed E-state index contributed by atoms with van der Waals surface area (Å²) in [6.45, 7) is 6.57. The molecule has 0 N–H and O–H groups in total. The number of hydrogen-bond acceptors (Lipinski definition) is 4. The topological polar surface area (TPSA) is 34.9 Å². The molecule has 2 aromatic heterocycles. The van der Waals surface area contributed by atoms with Crippen LogP contribution < -0.4 is 5.56 Å². The molecule has 27 heavy (non-hydrogen) atoms. The molecule has 1 aliphatic rings. The fourth-order valence-corrected chi connectivity index (χ4v) is 6.22. The fourth-order valence-electron chi connectivity index (χ4n) is 3.70. The molecule has 4 rings (SSSR count). The van der Waals surface area contributed by atoms with Crippen LogP contribution in [0, 0.1) is 12.8 Å². The molecular formula is C22H26N2OS2.